The van der Waals surface area contributed by atoms with Crippen LogP contribution >= 0.6 is 0 Å². The zero-order chi connectivity index (χ0) is 29.6. The second-order valence-electron chi connectivity index (χ2n) is 9.68. The van der Waals surface area contributed by atoms with Crippen molar-refractivity contribution < 1.29 is 27.4 Å². The molecule has 3 aromatic heterocycles. The number of aromatic nitrogens is 2. The number of carbonyl (C=O) groups excluding carboxylic acids is 1. The molecule has 0 unspecified atom stereocenters. The van der Waals surface area contributed by atoms with Crippen molar-refractivity contribution in [3.63, 3.8) is 0 Å². The van der Waals surface area contributed by atoms with Gasteiger partial charge in [0.05, 0.1) is 41.1 Å². The lowest BCUT2D eigenvalue weighted by molar-refractivity contribution is -0.123. The number of fused-ring (bicyclic) bond motifs is 5. The van der Waals surface area contributed by atoms with E-state index in [2.05, 4.69) is 10.3 Å². The molecular weight excluding hydrogens is 560 g/mol. The van der Waals surface area contributed by atoms with E-state index < -0.39 is 10.0 Å². The Hall–Kier alpha value is -4.94. The van der Waals surface area contributed by atoms with Crippen LogP contribution in [-0.2, 0) is 21.2 Å². The van der Waals surface area contributed by atoms with Gasteiger partial charge in [-0.3, -0.25) is 19.0 Å². The van der Waals surface area contributed by atoms with Crippen LogP contribution in [0.25, 0.3) is 38.1 Å². The van der Waals surface area contributed by atoms with Crippen LogP contribution in [0.1, 0.15) is 5.56 Å². The molecule has 0 aliphatic carbocycles. The first-order valence-electron chi connectivity index (χ1n) is 13.0. The lowest BCUT2D eigenvalue weighted by Gasteiger charge is -2.12. The smallest absolute Gasteiger partial charge is 0.267 e. The standard InChI is InChI=1S/C30H26N4O7S/c1-39-24-10-8-21-26(29(24)40-2)30(36)34-23-9-5-18(15-22(23)20-12-14-33-27(21)28(20)34)41-16-25(35)32-13-11-17-3-6-19(7-4-17)42(31,37)38/h3-10,12,14-15H,11,13,16H2,1-2H3,(H,32,35)(H2,31,37,38). The molecule has 1 amide bonds. The summed E-state index contributed by atoms with van der Waals surface area (Å²) in [5.41, 5.74) is 2.60. The van der Waals surface area contributed by atoms with Crippen molar-refractivity contribution in [3.8, 4) is 17.2 Å². The van der Waals surface area contributed by atoms with Crippen molar-refractivity contribution in [3.05, 3.63) is 82.8 Å². The summed E-state index contributed by atoms with van der Waals surface area (Å²) in [6.07, 6.45) is 2.20. The molecule has 0 spiro atoms. The summed E-state index contributed by atoms with van der Waals surface area (Å²) in [6.45, 7) is 0.138. The SMILES string of the molecule is COc1ccc2c(c1OC)c(=O)n1c3ccc(OCC(=O)NCCc4ccc(S(N)(=O)=O)cc4)cc3c3ccnc2c31. The van der Waals surface area contributed by atoms with E-state index in [-0.39, 0.29) is 23.0 Å². The molecule has 214 valence electrons. The molecule has 11 nitrogen and oxygen atoms in total. The van der Waals surface area contributed by atoms with Gasteiger partial charge in [-0.15, -0.1) is 0 Å². The summed E-state index contributed by atoms with van der Waals surface area (Å²) in [6, 6.07) is 16.9. The Kier molecular flexibility index (Phi) is 6.79. The Balaban J connectivity index is 1.25. The number of methoxy groups -OCH3 is 2. The van der Waals surface area contributed by atoms with Gasteiger partial charge < -0.3 is 19.5 Å². The number of ether oxygens (including phenoxy) is 3. The van der Waals surface area contributed by atoms with Crippen LogP contribution in [0, 0.1) is 0 Å². The van der Waals surface area contributed by atoms with Crippen molar-refractivity contribution >= 4 is 54.0 Å². The second-order valence-corrected chi connectivity index (χ2v) is 11.2. The number of sulfonamides is 1. The lowest BCUT2D eigenvalue weighted by Crippen LogP contribution is -2.30. The average molecular weight is 587 g/mol. The number of nitrogens with two attached hydrogens (primary N) is 1. The molecule has 12 heteroatoms. The van der Waals surface area contributed by atoms with Gasteiger partial charge in [0.1, 0.15) is 5.75 Å². The first-order valence-corrected chi connectivity index (χ1v) is 14.5. The summed E-state index contributed by atoms with van der Waals surface area (Å²) in [5, 5.41) is 10.6. The van der Waals surface area contributed by atoms with Crippen LogP contribution in [-0.4, -0.2) is 51.1 Å². The third-order valence-corrected chi connectivity index (χ3v) is 8.15. The van der Waals surface area contributed by atoms with Crippen molar-refractivity contribution in [1.29, 1.82) is 0 Å². The number of nitrogens with zero attached hydrogens (tertiary/aromatic N) is 2. The molecule has 3 heterocycles. The van der Waals surface area contributed by atoms with Crippen molar-refractivity contribution in [2.75, 3.05) is 27.4 Å². The van der Waals surface area contributed by atoms with Gasteiger partial charge in [0.2, 0.25) is 10.0 Å². The fourth-order valence-corrected chi connectivity index (χ4v) is 5.80. The van der Waals surface area contributed by atoms with E-state index in [1.165, 1.54) is 26.4 Å². The van der Waals surface area contributed by atoms with Gasteiger partial charge in [0, 0.05) is 28.9 Å². The topological polar surface area (TPSA) is 151 Å². The molecule has 0 aliphatic heterocycles. The van der Waals surface area contributed by atoms with Crippen LogP contribution in [0.15, 0.2) is 76.6 Å². The number of carbonyl (C=O) groups is 1. The number of pyridine rings is 2. The highest BCUT2D eigenvalue weighted by molar-refractivity contribution is 7.89. The highest BCUT2D eigenvalue weighted by atomic mass is 32.2. The van der Waals surface area contributed by atoms with E-state index >= 15 is 0 Å². The van der Waals surface area contributed by atoms with Gasteiger partial charge in [-0.05, 0) is 60.5 Å². The third kappa shape index (κ3) is 4.60. The number of benzene rings is 3. The maximum absolute atomic E-state index is 13.9. The van der Waals surface area contributed by atoms with Crippen molar-refractivity contribution in [1.82, 2.24) is 14.7 Å². The maximum atomic E-state index is 13.9. The fraction of sp³-hybridized carbons (Fsp3) is 0.167. The normalized spacial score (nSPS) is 11.9. The molecule has 0 bridgehead atoms. The highest BCUT2D eigenvalue weighted by Crippen LogP contribution is 2.39. The largest absolute Gasteiger partial charge is 0.493 e. The molecule has 42 heavy (non-hydrogen) atoms. The Bertz CT molecular complexity index is 2160. The van der Waals surface area contributed by atoms with E-state index in [4.69, 9.17) is 19.3 Å². The van der Waals surface area contributed by atoms with Gasteiger partial charge >= 0.3 is 0 Å². The molecule has 6 aromatic rings. The monoisotopic (exact) mass is 586 g/mol. The van der Waals surface area contributed by atoms with Crippen LogP contribution < -0.4 is 30.2 Å². The van der Waals surface area contributed by atoms with Crippen LogP contribution in [0.4, 0.5) is 0 Å². The van der Waals surface area contributed by atoms with E-state index in [9.17, 15) is 18.0 Å². The molecule has 0 saturated heterocycles. The molecule has 0 radical (unpaired) electrons. The Morgan fingerprint density at radius 3 is 2.48 bits per heavy atom. The molecular formula is C30H26N4O7S. The summed E-state index contributed by atoms with van der Waals surface area (Å²) in [7, 11) is -0.734. The minimum atomic E-state index is -3.75. The predicted molar refractivity (Wildman–Crippen MR) is 158 cm³/mol. The van der Waals surface area contributed by atoms with Crippen LogP contribution in [0.2, 0.25) is 0 Å². The number of hydrogen-bond donors (Lipinski definition) is 2. The summed E-state index contributed by atoms with van der Waals surface area (Å²) in [4.78, 5) is 30.9. The summed E-state index contributed by atoms with van der Waals surface area (Å²) < 4.78 is 41.2. The van der Waals surface area contributed by atoms with Crippen LogP contribution in [0.5, 0.6) is 17.2 Å². The Labute approximate surface area is 239 Å². The minimum Gasteiger partial charge on any atom is -0.493 e. The van der Waals surface area contributed by atoms with E-state index in [1.807, 2.05) is 12.1 Å². The van der Waals surface area contributed by atoms with Gasteiger partial charge in [-0.25, -0.2) is 13.6 Å². The average Bonchev–Trinajstić information content (AvgIpc) is 3.32. The van der Waals surface area contributed by atoms with E-state index in [0.717, 1.165) is 16.3 Å². The van der Waals surface area contributed by atoms with Crippen molar-refractivity contribution in [2.45, 2.75) is 11.3 Å². The number of amides is 1. The van der Waals surface area contributed by atoms with Gasteiger partial charge in [-0.2, -0.15) is 0 Å². The number of primary sulfonamides is 1. The number of nitrogens with one attached hydrogen (secondary N) is 1. The van der Waals surface area contributed by atoms with Gasteiger partial charge in [0.25, 0.3) is 11.5 Å². The molecule has 3 N–H and O–H groups in total. The first-order chi connectivity index (χ1) is 20.2. The first kappa shape index (κ1) is 27.2. The molecule has 6 rings (SSSR count). The third-order valence-electron chi connectivity index (χ3n) is 7.22. The molecule has 0 fully saturated rings. The summed E-state index contributed by atoms with van der Waals surface area (Å²) in [5.74, 6) is 0.954. The zero-order valence-electron chi connectivity index (χ0n) is 22.7. The zero-order valence-corrected chi connectivity index (χ0v) is 23.5. The van der Waals surface area contributed by atoms with Crippen molar-refractivity contribution in [2.24, 2.45) is 5.14 Å². The number of hydrogen-bond acceptors (Lipinski definition) is 8. The second kappa shape index (κ2) is 10.5. The fourth-order valence-electron chi connectivity index (χ4n) is 5.28. The van der Waals surface area contributed by atoms with Gasteiger partial charge in [-0.1, -0.05) is 12.1 Å². The van der Waals surface area contributed by atoms with Gasteiger partial charge in [0.15, 0.2) is 18.1 Å². The maximum Gasteiger partial charge on any atom is 0.267 e. The summed E-state index contributed by atoms with van der Waals surface area (Å²) >= 11 is 0. The molecule has 0 saturated carbocycles. The predicted octanol–water partition coefficient (Wildman–Crippen LogP) is 2.99. The highest BCUT2D eigenvalue weighted by Gasteiger charge is 2.22. The van der Waals surface area contributed by atoms with E-state index in [1.54, 1.807) is 47.0 Å². The Morgan fingerprint density at radius 1 is 0.976 bits per heavy atom. The molecule has 3 aromatic carbocycles. The molecule has 0 atom stereocenters. The van der Waals surface area contributed by atoms with Crippen LogP contribution in [0.3, 0.4) is 0 Å². The minimum absolute atomic E-state index is 0.0340. The Morgan fingerprint density at radius 2 is 1.76 bits per heavy atom. The quantitative estimate of drug-likeness (QED) is 0.246. The lowest BCUT2D eigenvalue weighted by atomic mass is 10.1. The van der Waals surface area contributed by atoms with E-state index in [0.29, 0.717) is 57.5 Å². The number of rotatable bonds is 9. The molecule has 0 aliphatic rings.